The van der Waals surface area contributed by atoms with Crippen molar-refractivity contribution in [2.45, 2.75) is 6.61 Å². The van der Waals surface area contributed by atoms with Gasteiger partial charge in [-0.3, -0.25) is 4.79 Å². The Morgan fingerprint density at radius 1 is 1.07 bits per heavy atom. The lowest BCUT2D eigenvalue weighted by Crippen LogP contribution is -2.18. The molecule has 0 saturated carbocycles. The summed E-state index contributed by atoms with van der Waals surface area (Å²) in [6.07, 6.45) is 1.56. The average molecular weight is 439 g/mol. The molecule has 1 N–H and O–H groups in total. The van der Waals surface area contributed by atoms with Gasteiger partial charge in [-0.2, -0.15) is 5.10 Å². The molecule has 1 amide bonds. The number of nitrogens with zero attached hydrogens (tertiary/aromatic N) is 1. The second-order valence-corrected chi connectivity index (χ2v) is 6.81. The lowest BCUT2D eigenvalue weighted by Gasteiger charge is -2.11. The van der Waals surface area contributed by atoms with Gasteiger partial charge >= 0.3 is 0 Å². The van der Waals surface area contributed by atoms with Crippen LogP contribution in [0.1, 0.15) is 21.5 Å². The fourth-order valence-corrected chi connectivity index (χ4v) is 2.85. The number of amides is 1. The number of benzene rings is 3. The van der Waals surface area contributed by atoms with Crippen LogP contribution in [0.25, 0.3) is 0 Å². The maximum Gasteiger partial charge on any atom is 0.275 e. The van der Waals surface area contributed by atoms with E-state index in [0.717, 1.165) is 21.3 Å². The van der Waals surface area contributed by atoms with Crippen LogP contribution in [0.15, 0.2) is 82.4 Å². The van der Waals surface area contributed by atoms with Gasteiger partial charge < -0.3 is 9.47 Å². The van der Waals surface area contributed by atoms with Crippen molar-refractivity contribution in [1.29, 1.82) is 0 Å². The van der Waals surface area contributed by atoms with E-state index in [9.17, 15) is 4.79 Å². The number of nitrogens with one attached hydrogen (secondary N) is 1. The van der Waals surface area contributed by atoms with Crippen LogP contribution in [-0.2, 0) is 6.61 Å². The lowest BCUT2D eigenvalue weighted by molar-refractivity contribution is 0.0950. The first kappa shape index (κ1) is 19.6. The van der Waals surface area contributed by atoms with E-state index >= 15 is 0 Å². The summed E-state index contributed by atoms with van der Waals surface area (Å²) in [6.45, 7) is 0.371. The molecule has 28 heavy (non-hydrogen) atoms. The average Bonchev–Trinajstić information content (AvgIpc) is 2.73. The van der Waals surface area contributed by atoms with Crippen LogP contribution in [0, 0.1) is 0 Å². The maximum absolute atomic E-state index is 12.6. The van der Waals surface area contributed by atoms with Crippen molar-refractivity contribution in [3.05, 3.63) is 94.0 Å². The van der Waals surface area contributed by atoms with E-state index in [1.165, 1.54) is 0 Å². The minimum absolute atomic E-state index is 0.358. The topological polar surface area (TPSA) is 59.9 Å². The number of methoxy groups -OCH3 is 1. The van der Waals surface area contributed by atoms with Gasteiger partial charge in [-0.15, -0.1) is 0 Å². The molecule has 0 bridgehead atoms. The van der Waals surface area contributed by atoms with Crippen LogP contribution in [0.5, 0.6) is 11.5 Å². The van der Waals surface area contributed by atoms with E-state index in [2.05, 4.69) is 26.5 Å². The molecule has 0 unspecified atom stereocenters. The van der Waals surface area contributed by atoms with Crippen molar-refractivity contribution in [3.63, 3.8) is 0 Å². The summed E-state index contributed by atoms with van der Waals surface area (Å²) >= 11 is 3.39. The van der Waals surface area contributed by atoms with Gasteiger partial charge in [0, 0.05) is 4.47 Å². The highest BCUT2D eigenvalue weighted by atomic mass is 79.9. The van der Waals surface area contributed by atoms with Gasteiger partial charge in [-0.05, 0) is 41.5 Å². The quantitative estimate of drug-likeness (QED) is 0.425. The Morgan fingerprint density at radius 2 is 1.89 bits per heavy atom. The minimum atomic E-state index is -0.358. The van der Waals surface area contributed by atoms with E-state index in [4.69, 9.17) is 9.47 Å². The molecule has 6 heteroatoms. The first-order valence-corrected chi connectivity index (χ1v) is 9.39. The molecule has 5 nitrogen and oxygen atoms in total. The van der Waals surface area contributed by atoms with Crippen molar-refractivity contribution < 1.29 is 14.3 Å². The first-order valence-electron chi connectivity index (χ1n) is 8.59. The number of hydrogen-bond donors (Lipinski definition) is 1. The van der Waals surface area contributed by atoms with Gasteiger partial charge in [-0.1, -0.05) is 58.4 Å². The number of hydrogen-bond acceptors (Lipinski definition) is 4. The van der Waals surface area contributed by atoms with Gasteiger partial charge in [0.2, 0.25) is 0 Å². The zero-order valence-electron chi connectivity index (χ0n) is 15.3. The van der Waals surface area contributed by atoms with E-state index in [0.29, 0.717) is 17.9 Å². The van der Waals surface area contributed by atoms with E-state index in [1.807, 2.05) is 60.7 Å². The Hall–Kier alpha value is -3.12. The molecule has 0 fully saturated rings. The fourth-order valence-electron chi connectivity index (χ4n) is 2.49. The Kier molecular flexibility index (Phi) is 6.81. The molecule has 0 spiro atoms. The molecular weight excluding hydrogens is 420 g/mol. The summed E-state index contributed by atoms with van der Waals surface area (Å²) in [5, 5.41) is 4.03. The van der Waals surface area contributed by atoms with E-state index in [-0.39, 0.29) is 5.91 Å². The number of halogens is 1. The van der Waals surface area contributed by atoms with E-state index < -0.39 is 0 Å². The second-order valence-electron chi connectivity index (χ2n) is 5.89. The zero-order valence-corrected chi connectivity index (χ0v) is 16.8. The summed E-state index contributed by atoms with van der Waals surface area (Å²) in [5.74, 6) is 0.850. The van der Waals surface area contributed by atoms with Crippen LogP contribution >= 0.6 is 15.9 Å². The smallest absolute Gasteiger partial charge is 0.275 e. The molecule has 0 aliphatic carbocycles. The fraction of sp³-hybridized carbons (Fsp3) is 0.0909. The van der Waals surface area contributed by atoms with Crippen LogP contribution < -0.4 is 14.9 Å². The molecule has 0 aliphatic heterocycles. The third-order valence-electron chi connectivity index (χ3n) is 3.90. The normalized spacial score (nSPS) is 10.6. The van der Waals surface area contributed by atoms with Crippen molar-refractivity contribution in [2.75, 3.05) is 7.11 Å². The highest BCUT2D eigenvalue weighted by molar-refractivity contribution is 9.10. The summed E-state index contributed by atoms with van der Waals surface area (Å²) in [4.78, 5) is 12.6. The summed E-state index contributed by atoms with van der Waals surface area (Å²) in [6, 6.07) is 22.5. The van der Waals surface area contributed by atoms with Crippen LogP contribution in [0.2, 0.25) is 0 Å². The molecule has 0 saturated heterocycles. The Bertz CT molecular complexity index is 975. The number of ether oxygens (including phenoxy) is 2. The summed E-state index contributed by atoms with van der Waals surface area (Å²) < 4.78 is 11.8. The summed E-state index contributed by atoms with van der Waals surface area (Å²) in [7, 11) is 1.60. The van der Waals surface area contributed by atoms with Gasteiger partial charge in [0.1, 0.15) is 18.1 Å². The predicted molar refractivity (Wildman–Crippen MR) is 113 cm³/mol. The van der Waals surface area contributed by atoms with Crippen LogP contribution in [-0.4, -0.2) is 19.2 Å². The molecule has 0 aromatic heterocycles. The molecule has 142 valence electrons. The Labute approximate surface area is 172 Å². The minimum Gasteiger partial charge on any atom is -0.497 e. The van der Waals surface area contributed by atoms with Gasteiger partial charge in [0.05, 0.1) is 18.9 Å². The molecule has 3 aromatic rings. The van der Waals surface area contributed by atoms with Crippen molar-refractivity contribution >= 4 is 28.1 Å². The summed E-state index contributed by atoms with van der Waals surface area (Å²) in [5.41, 5.74) is 4.77. The van der Waals surface area contributed by atoms with Gasteiger partial charge in [-0.25, -0.2) is 5.43 Å². The zero-order chi connectivity index (χ0) is 19.8. The number of carbonyl (C=O) groups excluding carboxylic acids is 1. The monoisotopic (exact) mass is 438 g/mol. The Morgan fingerprint density at radius 3 is 2.68 bits per heavy atom. The Balaban J connectivity index is 1.69. The standard InChI is InChI=1S/C22H19BrN2O3/c1-27-19-9-5-8-17(12-19)14-24-25-22(26)20-13-18(23)10-11-21(20)28-15-16-6-3-2-4-7-16/h2-14H,15H2,1H3,(H,25,26)/b24-14+. The van der Waals surface area contributed by atoms with Crippen molar-refractivity contribution in [2.24, 2.45) is 5.10 Å². The van der Waals surface area contributed by atoms with Crippen molar-refractivity contribution in [3.8, 4) is 11.5 Å². The molecule has 3 rings (SSSR count). The van der Waals surface area contributed by atoms with Gasteiger partial charge in [0.25, 0.3) is 5.91 Å². The predicted octanol–water partition coefficient (Wildman–Crippen LogP) is 4.80. The highest BCUT2D eigenvalue weighted by Gasteiger charge is 2.13. The van der Waals surface area contributed by atoms with Crippen LogP contribution in [0.3, 0.4) is 0 Å². The first-order chi connectivity index (χ1) is 13.7. The molecule has 0 heterocycles. The molecular formula is C22H19BrN2O3. The third-order valence-corrected chi connectivity index (χ3v) is 4.39. The molecule has 0 aliphatic rings. The van der Waals surface area contributed by atoms with Gasteiger partial charge in [0.15, 0.2) is 0 Å². The molecule has 3 aromatic carbocycles. The maximum atomic E-state index is 12.6. The molecule has 0 radical (unpaired) electrons. The highest BCUT2D eigenvalue weighted by Crippen LogP contribution is 2.24. The second kappa shape index (κ2) is 9.71. The molecule has 0 atom stereocenters. The SMILES string of the molecule is COc1cccc(/C=N/NC(=O)c2cc(Br)ccc2OCc2ccccc2)c1. The lowest BCUT2D eigenvalue weighted by atomic mass is 10.2. The van der Waals surface area contributed by atoms with E-state index in [1.54, 1.807) is 25.5 Å². The van der Waals surface area contributed by atoms with Crippen molar-refractivity contribution in [1.82, 2.24) is 5.43 Å². The number of hydrazone groups is 1. The van der Waals surface area contributed by atoms with Crippen LogP contribution in [0.4, 0.5) is 0 Å². The number of rotatable bonds is 7. The third kappa shape index (κ3) is 5.44. The largest absolute Gasteiger partial charge is 0.497 e. The number of carbonyl (C=O) groups is 1.